The van der Waals surface area contributed by atoms with E-state index >= 15 is 0 Å². The van der Waals surface area contributed by atoms with Gasteiger partial charge in [0, 0.05) is 12.5 Å². The van der Waals surface area contributed by atoms with E-state index in [2.05, 4.69) is 0 Å². The third kappa shape index (κ3) is 5.70. The van der Waals surface area contributed by atoms with Crippen molar-refractivity contribution in [2.24, 2.45) is 0 Å². The second kappa shape index (κ2) is 10.1. The molecule has 0 bridgehead atoms. The summed E-state index contributed by atoms with van der Waals surface area (Å²) in [5.41, 5.74) is 3.41. The first-order chi connectivity index (χ1) is 14.4. The van der Waals surface area contributed by atoms with Gasteiger partial charge < -0.3 is 14.6 Å². The first kappa shape index (κ1) is 21.6. The molecule has 3 aromatic rings. The predicted octanol–water partition coefficient (Wildman–Crippen LogP) is 5.82. The number of carbonyl (C=O) groups is 2. The Balaban J connectivity index is 1.88. The van der Waals surface area contributed by atoms with Crippen LogP contribution in [0.4, 0.5) is 0 Å². The quantitative estimate of drug-likeness (QED) is 0.415. The van der Waals surface area contributed by atoms with Crippen molar-refractivity contribution in [2.75, 3.05) is 0 Å². The Labute approximate surface area is 179 Å². The van der Waals surface area contributed by atoms with Gasteiger partial charge in [-0.25, -0.2) is 0 Å². The van der Waals surface area contributed by atoms with Crippen LogP contribution < -0.4 is 9.47 Å². The number of benzene rings is 2. The summed E-state index contributed by atoms with van der Waals surface area (Å²) in [6.45, 7) is 3.86. The number of rotatable bonds is 10. The number of carboxylic acid groups (broad SMARTS) is 1. The van der Waals surface area contributed by atoms with Crippen molar-refractivity contribution in [1.82, 2.24) is 0 Å². The molecule has 156 valence electrons. The Bertz CT molecular complexity index is 1010. The number of thiophene rings is 1. The predicted molar refractivity (Wildman–Crippen MR) is 117 cm³/mol. The molecule has 2 aromatic carbocycles. The van der Waals surface area contributed by atoms with Gasteiger partial charge in [-0.3, -0.25) is 9.59 Å². The highest BCUT2D eigenvalue weighted by Crippen LogP contribution is 2.33. The number of hydrogen-bond acceptors (Lipinski definition) is 5. The largest absolute Gasteiger partial charge is 0.489 e. The lowest BCUT2D eigenvalue weighted by molar-refractivity contribution is -0.137. The highest BCUT2D eigenvalue weighted by atomic mass is 32.1. The molecular formula is C24H24O5S. The van der Waals surface area contributed by atoms with Crippen molar-refractivity contribution >= 4 is 23.1 Å². The molecule has 0 radical (unpaired) electrons. The van der Waals surface area contributed by atoms with E-state index < -0.39 is 12.1 Å². The molecule has 6 heteroatoms. The van der Waals surface area contributed by atoms with Gasteiger partial charge in [0.05, 0.1) is 5.56 Å². The van der Waals surface area contributed by atoms with Crippen LogP contribution in [0.2, 0.25) is 0 Å². The highest BCUT2D eigenvalue weighted by molar-refractivity contribution is 7.07. The lowest BCUT2D eigenvalue weighted by Crippen LogP contribution is -2.13. The molecule has 30 heavy (non-hydrogen) atoms. The summed E-state index contributed by atoms with van der Waals surface area (Å²) < 4.78 is 12.1. The van der Waals surface area contributed by atoms with Crippen molar-refractivity contribution in [1.29, 1.82) is 0 Å². The summed E-state index contributed by atoms with van der Waals surface area (Å²) in [6, 6.07) is 14.8. The summed E-state index contributed by atoms with van der Waals surface area (Å²) in [6.07, 6.45) is -0.243. The van der Waals surface area contributed by atoms with Gasteiger partial charge in [-0.2, -0.15) is 11.3 Å². The summed E-state index contributed by atoms with van der Waals surface area (Å²) in [5, 5.41) is 13.2. The SMILES string of the molecule is CC(=O)c1ccc(OCc2ccsc2)cc1O[C@@H](CCC(=O)O)c1ccccc1C. The Morgan fingerprint density at radius 3 is 2.60 bits per heavy atom. The minimum absolute atomic E-state index is 0.0389. The third-order valence-corrected chi connectivity index (χ3v) is 5.47. The topological polar surface area (TPSA) is 72.8 Å². The molecule has 1 aromatic heterocycles. The van der Waals surface area contributed by atoms with Crippen LogP contribution in [0.15, 0.2) is 59.3 Å². The van der Waals surface area contributed by atoms with Crippen LogP contribution in [0.3, 0.4) is 0 Å². The van der Waals surface area contributed by atoms with Crippen LogP contribution in [0.25, 0.3) is 0 Å². The van der Waals surface area contributed by atoms with E-state index in [1.165, 1.54) is 6.92 Å². The number of aryl methyl sites for hydroxylation is 1. The average Bonchev–Trinajstić information content (AvgIpc) is 3.23. The zero-order valence-electron chi connectivity index (χ0n) is 17.0. The smallest absolute Gasteiger partial charge is 0.303 e. The molecular weight excluding hydrogens is 400 g/mol. The fourth-order valence-corrected chi connectivity index (χ4v) is 3.81. The van der Waals surface area contributed by atoms with Crippen molar-refractivity contribution in [2.45, 2.75) is 39.4 Å². The van der Waals surface area contributed by atoms with Crippen molar-refractivity contribution < 1.29 is 24.2 Å². The van der Waals surface area contributed by atoms with Crippen LogP contribution in [0.5, 0.6) is 11.5 Å². The highest BCUT2D eigenvalue weighted by Gasteiger charge is 2.20. The van der Waals surface area contributed by atoms with Crippen molar-refractivity contribution in [3.05, 3.63) is 81.5 Å². The molecule has 1 atom stereocenters. The minimum Gasteiger partial charge on any atom is -0.489 e. The molecule has 3 rings (SSSR count). The first-order valence-electron chi connectivity index (χ1n) is 9.67. The standard InChI is InChI=1S/C24H24O5S/c1-16-5-3-4-6-20(16)22(9-10-24(26)27)29-23-13-19(7-8-21(23)17(2)25)28-14-18-11-12-30-15-18/h3-8,11-13,15,22H,9-10,14H2,1-2H3,(H,26,27)/t22-/m0/s1. The third-order valence-electron chi connectivity index (χ3n) is 4.74. The van der Waals surface area contributed by atoms with Crippen LogP contribution >= 0.6 is 11.3 Å². The van der Waals surface area contributed by atoms with Crippen LogP contribution in [-0.4, -0.2) is 16.9 Å². The summed E-state index contributed by atoms with van der Waals surface area (Å²) in [5.74, 6) is -0.0418. The van der Waals surface area contributed by atoms with E-state index in [9.17, 15) is 9.59 Å². The maximum atomic E-state index is 12.2. The van der Waals surface area contributed by atoms with E-state index in [1.807, 2.05) is 48.0 Å². The Hall–Kier alpha value is -3.12. The second-order valence-electron chi connectivity index (χ2n) is 7.03. The summed E-state index contributed by atoms with van der Waals surface area (Å²) in [4.78, 5) is 23.3. The van der Waals surface area contributed by atoms with E-state index in [0.717, 1.165) is 16.7 Å². The molecule has 0 aliphatic heterocycles. The zero-order chi connectivity index (χ0) is 21.5. The zero-order valence-corrected chi connectivity index (χ0v) is 17.8. The number of carboxylic acids is 1. The number of ether oxygens (including phenoxy) is 2. The number of hydrogen-bond donors (Lipinski definition) is 1. The molecule has 0 fully saturated rings. The summed E-state index contributed by atoms with van der Waals surface area (Å²) in [7, 11) is 0. The molecule has 0 aliphatic carbocycles. The minimum atomic E-state index is -0.892. The van der Waals surface area contributed by atoms with Crippen LogP contribution in [0, 0.1) is 6.92 Å². The maximum absolute atomic E-state index is 12.2. The Morgan fingerprint density at radius 1 is 1.13 bits per heavy atom. The monoisotopic (exact) mass is 424 g/mol. The number of Topliss-reactive ketones (excluding diaryl/α,β-unsaturated/α-hetero) is 1. The maximum Gasteiger partial charge on any atom is 0.303 e. The van der Waals surface area contributed by atoms with Gasteiger partial charge in [-0.05, 0) is 65.9 Å². The lowest BCUT2D eigenvalue weighted by atomic mass is 9.99. The molecule has 5 nitrogen and oxygen atoms in total. The molecule has 0 aliphatic rings. The normalized spacial score (nSPS) is 11.7. The van der Waals surface area contributed by atoms with E-state index in [1.54, 1.807) is 29.5 Å². The van der Waals surface area contributed by atoms with Crippen molar-refractivity contribution in [3.8, 4) is 11.5 Å². The fraction of sp³-hybridized carbons (Fsp3) is 0.250. The molecule has 0 unspecified atom stereocenters. The molecule has 1 heterocycles. The Morgan fingerprint density at radius 2 is 1.93 bits per heavy atom. The first-order valence-corrected chi connectivity index (χ1v) is 10.6. The van der Waals surface area contributed by atoms with Gasteiger partial charge in [0.2, 0.25) is 0 Å². The summed E-state index contributed by atoms with van der Waals surface area (Å²) >= 11 is 1.60. The van der Waals surface area contributed by atoms with Gasteiger partial charge >= 0.3 is 5.97 Å². The fourth-order valence-electron chi connectivity index (χ4n) is 3.16. The molecule has 0 amide bonds. The molecule has 1 N–H and O–H groups in total. The number of aliphatic carboxylic acids is 1. The van der Waals surface area contributed by atoms with E-state index in [-0.39, 0.29) is 18.6 Å². The second-order valence-corrected chi connectivity index (χ2v) is 7.81. The van der Waals surface area contributed by atoms with E-state index in [0.29, 0.717) is 23.7 Å². The number of ketones is 1. The van der Waals surface area contributed by atoms with Crippen LogP contribution in [-0.2, 0) is 11.4 Å². The van der Waals surface area contributed by atoms with Crippen LogP contribution in [0.1, 0.15) is 52.9 Å². The van der Waals surface area contributed by atoms with Gasteiger partial charge in [-0.1, -0.05) is 24.3 Å². The van der Waals surface area contributed by atoms with Gasteiger partial charge in [0.1, 0.15) is 24.2 Å². The lowest BCUT2D eigenvalue weighted by Gasteiger charge is -2.22. The molecule has 0 saturated heterocycles. The average molecular weight is 425 g/mol. The van der Waals surface area contributed by atoms with Gasteiger partial charge in [-0.15, -0.1) is 0 Å². The van der Waals surface area contributed by atoms with Gasteiger partial charge in [0.25, 0.3) is 0 Å². The Kier molecular flexibility index (Phi) is 7.25. The van der Waals surface area contributed by atoms with E-state index in [4.69, 9.17) is 14.6 Å². The van der Waals surface area contributed by atoms with Crippen molar-refractivity contribution in [3.63, 3.8) is 0 Å². The molecule has 0 saturated carbocycles. The number of carbonyl (C=O) groups excluding carboxylic acids is 1. The van der Waals surface area contributed by atoms with Gasteiger partial charge in [0.15, 0.2) is 5.78 Å². The molecule has 0 spiro atoms.